The Labute approximate surface area is 323 Å². The number of fused-ring (bicyclic) bond motifs is 7. The average molecular weight is 773 g/mol. The summed E-state index contributed by atoms with van der Waals surface area (Å²) in [4.78, 5) is 14.0. The molecule has 11 saturated heterocycles. The Bertz CT molecular complexity index is 1490. The van der Waals surface area contributed by atoms with Crippen LogP contribution in [0.3, 0.4) is 0 Å². The van der Waals surface area contributed by atoms with E-state index in [1.165, 1.54) is 0 Å². The molecule has 0 aromatic heterocycles. The van der Waals surface area contributed by atoms with Gasteiger partial charge in [0.15, 0.2) is 5.79 Å². The molecule has 11 rings (SSSR count). The minimum Gasteiger partial charge on any atom is -0.459 e. The second kappa shape index (κ2) is 14.7. The lowest BCUT2D eigenvalue weighted by Crippen LogP contribution is -2.62. The summed E-state index contributed by atoms with van der Waals surface area (Å²) in [7, 11) is 0. The maximum absolute atomic E-state index is 14.0. The number of rotatable bonds is 2. The summed E-state index contributed by atoms with van der Waals surface area (Å²) in [5.41, 5.74) is 2.14. The SMILES string of the molecule is C=C1CC2CC[C@@]34C[C@H]5O[C@H]6[C@@H](O3)[C@H]3O[C@H](CCC3O[C@H]6C5O4)CC(=O)OC3[C@@H](C)C4OC(CCO)[C@H](O)CC4O[C@H]3C[C@H]3OC(CC[C@@H]1O2)CC(C)C3=C. The van der Waals surface area contributed by atoms with Crippen LogP contribution in [0.5, 0.6) is 0 Å². The topological polar surface area (TPSA) is 150 Å². The lowest BCUT2D eigenvalue weighted by molar-refractivity contribution is -0.293. The third kappa shape index (κ3) is 6.79. The van der Waals surface area contributed by atoms with E-state index in [-0.39, 0.29) is 98.0 Å². The number of aliphatic hydroxyl groups is 2. The highest BCUT2D eigenvalue weighted by molar-refractivity contribution is 5.70. The lowest BCUT2D eigenvalue weighted by Gasteiger charge is -2.51. The van der Waals surface area contributed by atoms with E-state index in [0.29, 0.717) is 38.5 Å². The van der Waals surface area contributed by atoms with Gasteiger partial charge in [-0.3, -0.25) is 4.79 Å². The summed E-state index contributed by atoms with van der Waals surface area (Å²) in [6, 6.07) is 0. The van der Waals surface area contributed by atoms with Crippen LogP contribution in [0.1, 0.15) is 97.3 Å². The van der Waals surface area contributed by atoms with Crippen molar-refractivity contribution in [2.24, 2.45) is 11.8 Å². The molecule has 21 atom stereocenters. The predicted molar refractivity (Wildman–Crippen MR) is 193 cm³/mol. The third-order valence-electron chi connectivity index (χ3n) is 14.8. The van der Waals surface area contributed by atoms with Gasteiger partial charge in [0.2, 0.25) is 0 Å². The van der Waals surface area contributed by atoms with Gasteiger partial charge in [0.1, 0.15) is 36.6 Å². The van der Waals surface area contributed by atoms with Gasteiger partial charge in [-0.1, -0.05) is 27.0 Å². The zero-order valence-corrected chi connectivity index (χ0v) is 32.2. The first kappa shape index (κ1) is 37.8. The fourth-order valence-corrected chi connectivity index (χ4v) is 11.9. The number of ether oxygens (including phenoxy) is 10. The monoisotopic (exact) mass is 772 g/mol. The Hall–Kier alpha value is -1.49. The zero-order chi connectivity index (χ0) is 37.7. The molecule has 1 spiro atoms. The van der Waals surface area contributed by atoms with Gasteiger partial charge in [0.05, 0.1) is 79.7 Å². The molecule has 0 aromatic rings. The Morgan fingerprint density at radius 2 is 1.42 bits per heavy atom. The molecule has 0 amide bonds. The smallest absolute Gasteiger partial charge is 0.308 e. The van der Waals surface area contributed by atoms with E-state index in [1.807, 2.05) is 6.92 Å². The molecule has 13 nitrogen and oxygen atoms in total. The first-order valence-electron chi connectivity index (χ1n) is 21.3. The normalized spacial score (nSPS) is 54.9. The maximum Gasteiger partial charge on any atom is 0.308 e. The van der Waals surface area contributed by atoms with E-state index in [0.717, 1.165) is 49.7 Å². The molecule has 13 heteroatoms. The van der Waals surface area contributed by atoms with Crippen molar-refractivity contribution >= 4 is 5.97 Å². The van der Waals surface area contributed by atoms with Crippen LogP contribution in [0.2, 0.25) is 0 Å². The van der Waals surface area contributed by atoms with Crippen molar-refractivity contribution < 1.29 is 62.4 Å². The lowest BCUT2D eigenvalue weighted by atomic mass is 9.79. The average Bonchev–Trinajstić information content (AvgIpc) is 3.74. The minimum absolute atomic E-state index is 0.00281. The number of carbonyl (C=O) groups is 1. The fourth-order valence-electron chi connectivity index (χ4n) is 11.9. The highest BCUT2D eigenvalue weighted by Gasteiger charge is 2.69. The molecule has 12 bridgehead atoms. The van der Waals surface area contributed by atoms with Crippen LogP contribution in [-0.2, 0) is 52.2 Å². The van der Waals surface area contributed by atoms with Crippen LogP contribution < -0.4 is 0 Å². The predicted octanol–water partition coefficient (Wildman–Crippen LogP) is 3.59. The van der Waals surface area contributed by atoms with E-state index in [1.54, 1.807) is 0 Å². The van der Waals surface area contributed by atoms with E-state index < -0.39 is 48.5 Å². The van der Waals surface area contributed by atoms with Gasteiger partial charge in [-0.25, -0.2) is 0 Å². The standard InChI is InChI=1S/C42H60O13/c1-19-13-23-5-7-27-20(2)14-25(46-27)9-11-42-18-33-38(54-42)39-40(52-33)41(55-42)37-29(51-39)8-6-24(48-37)15-34(45)53-36-22(4)35-31(16-26(44)28(50-35)10-12-43)49-32(36)17-30(47-23)21(19)3/h19,22-33,35-41,43-44H,2-3,5-18H2,1,4H3/t19?,22-,23?,24+,25?,26+,27-,28?,29?,30+,31?,32-,33+,35?,36?,37-,38?,39-,40+,41-,42-/m0/s1. The van der Waals surface area contributed by atoms with E-state index in [2.05, 4.69) is 20.1 Å². The summed E-state index contributed by atoms with van der Waals surface area (Å²) in [6.45, 7) is 13.1. The molecule has 9 unspecified atom stereocenters. The molecular weight excluding hydrogens is 712 g/mol. The maximum atomic E-state index is 14.0. The van der Waals surface area contributed by atoms with Gasteiger partial charge in [-0.2, -0.15) is 0 Å². The molecule has 0 radical (unpaired) electrons. The molecule has 11 heterocycles. The molecule has 55 heavy (non-hydrogen) atoms. The number of hydrogen-bond acceptors (Lipinski definition) is 13. The minimum atomic E-state index is -0.808. The fraction of sp³-hybridized carbons (Fsp3) is 0.881. The Morgan fingerprint density at radius 1 is 0.673 bits per heavy atom. The Kier molecular flexibility index (Phi) is 10.1. The highest BCUT2D eigenvalue weighted by Crippen LogP contribution is 2.54. The number of esters is 1. The Balaban J connectivity index is 0.934. The number of hydrogen-bond donors (Lipinski definition) is 2. The molecule has 11 aliphatic heterocycles. The summed E-state index contributed by atoms with van der Waals surface area (Å²) < 4.78 is 66.9. The van der Waals surface area contributed by atoms with Crippen molar-refractivity contribution in [3.63, 3.8) is 0 Å². The summed E-state index contributed by atoms with van der Waals surface area (Å²) in [5, 5.41) is 20.6. The summed E-state index contributed by atoms with van der Waals surface area (Å²) in [5.74, 6) is -1.18. The van der Waals surface area contributed by atoms with Crippen LogP contribution >= 0.6 is 0 Å². The van der Waals surface area contributed by atoms with Crippen molar-refractivity contribution in [2.45, 2.75) is 213 Å². The van der Waals surface area contributed by atoms with Crippen LogP contribution in [0, 0.1) is 11.8 Å². The molecule has 11 fully saturated rings. The summed E-state index contributed by atoms with van der Waals surface area (Å²) in [6.07, 6.45) is 2.38. The van der Waals surface area contributed by atoms with Crippen molar-refractivity contribution in [1.82, 2.24) is 0 Å². The second-order valence-electron chi connectivity index (χ2n) is 18.5. The van der Waals surface area contributed by atoms with E-state index >= 15 is 0 Å². The molecule has 306 valence electrons. The molecule has 0 aromatic carbocycles. The zero-order valence-electron chi connectivity index (χ0n) is 32.2. The van der Waals surface area contributed by atoms with Crippen molar-refractivity contribution in [2.75, 3.05) is 6.61 Å². The molecule has 11 aliphatic rings. The van der Waals surface area contributed by atoms with Gasteiger partial charge in [0, 0.05) is 38.2 Å². The first-order valence-corrected chi connectivity index (χ1v) is 21.3. The molecule has 0 saturated carbocycles. The largest absolute Gasteiger partial charge is 0.459 e. The molecule has 2 N–H and O–H groups in total. The molecular formula is C42H60O13. The van der Waals surface area contributed by atoms with Gasteiger partial charge in [0.25, 0.3) is 0 Å². The van der Waals surface area contributed by atoms with Gasteiger partial charge in [-0.05, 0) is 68.4 Å². The first-order chi connectivity index (χ1) is 26.5. The van der Waals surface area contributed by atoms with E-state index in [4.69, 9.17) is 47.4 Å². The number of aliphatic hydroxyl groups excluding tert-OH is 2. The van der Waals surface area contributed by atoms with Crippen LogP contribution in [0.4, 0.5) is 0 Å². The van der Waals surface area contributed by atoms with Crippen molar-refractivity contribution in [3.05, 3.63) is 24.3 Å². The number of carbonyl (C=O) groups excluding carboxylic acids is 1. The van der Waals surface area contributed by atoms with Crippen molar-refractivity contribution in [3.8, 4) is 0 Å². The van der Waals surface area contributed by atoms with Crippen LogP contribution in [-0.4, -0.2) is 138 Å². The van der Waals surface area contributed by atoms with Gasteiger partial charge < -0.3 is 57.6 Å². The van der Waals surface area contributed by atoms with Crippen LogP contribution in [0.25, 0.3) is 0 Å². The van der Waals surface area contributed by atoms with Gasteiger partial charge >= 0.3 is 5.97 Å². The quantitative estimate of drug-likeness (QED) is 0.312. The second-order valence-corrected chi connectivity index (χ2v) is 18.5. The summed E-state index contributed by atoms with van der Waals surface area (Å²) >= 11 is 0. The van der Waals surface area contributed by atoms with Crippen molar-refractivity contribution in [1.29, 1.82) is 0 Å². The van der Waals surface area contributed by atoms with Gasteiger partial charge in [-0.15, -0.1) is 0 Å². The highest BCUT2D eigenvalue weighted by atomic mass is 16.8. The molecule has 0 aliphatic carbocycles. The van der Waals surface area contributed by atoms with Crippen LogP contribution in [0.15, 0.2) is 24.3 Å². The van der Waals surface area contributed by atoms with E-state index in [9.17, 15) is 15.0 Å². The third-order valence-corrected chi connectivity index (χ3v) is 14.8. The Morgan fingerprint density at radius 3 is 2.27 bits per heavy atom.